The predicted octanol–water partition coefficient (Wildman–Crippen LogP) is 4.77. The summed E-state index contributed by atoms with van der Waals surface area (Å²) in [6.07, 6.45) is 7.99. The second-order valence-corrected chi connectivity index (χ2v) is 8.46. The number of methoxy groups -OCH3 is 1. The highest BCUT2D eigenvalue weighted by Gasteiger charge is 2.54. The first kappa shape index (κ1) is 20.4. The summed E-state index contributed by atoms with van der Waals surface area (Å²) >= 11 is 0. The minimum absolute atomic E-state index is 0.122. The van der Waals surface area contributed by atoms with Crippen molar-refractivity contribution in [3.05, 3.63) is 89.2 Å². The van der Waals surface area contributed by atoms with Crippen molar-refractivity contribution < 1.29 is 19.1 Å². The number of pyridine rings is 1. The zero-order valence-electron chi connectivity index (χ0n) is 18.0. The number of fused-ring (bicyclic) bond motifs is 1. The van der Waals surface area contributed by atoms with E-state index in [1.807, 2.05) is 24.3 Å². The molecule has 1 fully saturated rings. The Kier molecular flexibility index (Phi) is 5.25. The molecule has 0 amide bonds. The quantitative estimate of drug-likeness (QED) is 0.531. The van der Waals surface area contributed by atoms with Gasteiger partial charge in [-0.05, 0) is 79.6 Å². The Hall–Kier alpha value is -3.47. The number of carbonyl (C=O) groups excluding carboxylic acids is 2. The number of Topliss-reactive ketones (excluding diaryl/α,β-unsaturated/α-hetero) is 2. The van der Waals surface area contributed by atoms with Crippen LogP contribution in [-0.4, -0.2) is 29.8 Å². The molecule has 32 heavy (non-hydrogen) atoms. The third-order valence-corrected chi connectivity index (χ3v) is 6.60. The Morgan fingerprint density at radius 1 is 1.00 bits per heavy atom. The van der Waals surface area contributed by atoms with Crippen molar-refractivity contribution in [1.82, 2.24) is 4.98 Å². The van der Waals surface area contributed by atoms with Crippen molar-refractivity contribution in [2.45, 2.75) is 43.6 Å². The smallest absolute Gasteiger partial charge is 0.182 e. The van der Waals surface area contributed by atoms with E-state index >= 15 is 0 Å². The SMILES string of the molecule is COc1ccc(C2(Cc3ccncc3)C(=O)c3c[c]ccc3C2=O)cc1OC1CCCC1. The van der Waals surface area contributed by atoms with E-state index in [-0.39, 0.29) is 24.1 Å². The third-order valence-electron chi connectivity index (χ3n) is 6.60. The number of rotatable bonds is 6. The number of benzene rings is 2. The molecule has 0 bridgehead atoms. The first-order valence-electron chi connectivity index (χ1n) is 11.0. The van der Waals surface area contributed by atoms with E-state index in [2.05, 4.69) is 11.1 Å². The van der Waals surface area contributed by atoms with Crippen LogP contribution in [0.1, 0.15) is 57.5 Å². The van der Waals surface area contributed by atoms with Crippen LogP contribution in [0.15, 0.2) is 60.9 Å². The Morgan fingerprint density at radius 3 is 2.47 bits per heavy atom. The lowest BCUT2D eigenvalue weighted by Gasteiger charge is -2.28. The maximum atomic E-state index is 13.8. The lowest BCUT2D eigenvalue weighted by atomic mass is 9.71. The van der Waals surface area contributed by atoms with Crippen LogP contribution in [0.2, 0.25) is 0 Å². The van der Waals surface area contributed by atoms with E-state index in [0.717, 1.165) is 31.2 Å². The molecule has 0 saturated heterocycles. The van der Waals surface area contributed by atoms with E-state index in [4.69, 9.17) is 9.47 Å². The van der Waals surface area contributed by atoms with Crippen LogP contribution in [-0.2, 0) is 11.8 Å². The summed E-state index contributed by atoms with van der Waals surface area (Å²) in [6.45, 7) is 0. The number of aromatic nitrogens is 1. The number of nitrogens with zero attached hydrogens (tertiary/aromatic N) is 1. The molecular formula is C27H24NO4. The van der Waals surface area contributed by atoms with Crippen molar-refractivity contribution >= 4 is 11.6 Å². The van der Waals surface area contributed by atoms with Gasteiger partial charge in [0.15, 0.2) is 23.1 Å². The molecule has 2 aliphatic carbocycles. The third kappa shape index (κ3) is 3.29. The van der Waals surface area contributed by atoms with Gasteiger partial charge in [-0.3, -0.25) is 14.6 Å². The topological polar surface area (TPSA) is 65.5 Å². The first-order chi connectivity index (χ1) is 15.6. The normalized spacial score (nSPS) is 17.4. The zero-order chi connectivity index (χ0) is 22.1. The lowest BCUT2D eigenvalue weighted by molar-refractivity contribution is 0.0792. The van der Waals surface area contributed by atoms with Crippen LogP contribution in [0, 0.1) is 6.07 Å². The van der Waals surface area contributed by atoms with E-state index in [9.17, 15) is 9.59 Å². The molecule has 1 atom stereocenters. The van der Waals surface area contributed by atoms with Crippen LogP contribution >= 0.6 is 0 Å². The van der Waals surface area contributed by atoms with Crippen molar-refractivity contribution in [3.8, 4) is 11.5 Å². The number of carbonyl (C=O) groups is 2. The molecule has 3 aromatic rings. The van der Waals surface area contributed by atoms with E-state index in [0.29, 0.717) is 28.2 Å². The van der Waals surface area contributed by atoms with Gasteiger partial charge in [-0.25, -0.2) is 0 Å². The maximum absolute atomic E-state index is 13.8. The standard InChI is InChI=1S/C27H24NO4/c1-31-23-11-10-19(16-24(23)32-20-6-2-3-7-20)27(17-18-12-14-28-15-13-18)25(29)21-8-4-5-9-22(21)26(27)30/h4,8-16,20H,2-3,6-7,17H2,1H3. The van der Waals surface area contributed by atoms with Crippen LogP contribution in [0.3, 0.4) is 0 Å². The fraction of sp³-hybridized carbons (Fsp3) is 0.296. The molecule has 5 nitrogen and oxygen atoms in total. The van der Waals surface area contributed by atoms with Crippen LogP contribution in [0.5, 0.6) is 11.5 Å². The molecule has 0 N–H and O–H groups in total. The Morgan fingerprint density at radius 2 is 1.75 bits per heavy atom. The minimum Gasteiger partial charge on any atom is -0.493 e. The fourth-order valence-electron chi connectivity index (χ4n) is 4.93. The van der Waals surface area contributed by atoms with Crippen molar-refractivity contribution in [1.29, 1.82) is 0 Å². The largest absolute Gasteiger partial charge is 0.493 e. The fourth-order valence-corrected chi connectivity index (χ4v) is 4.93. The molecule has 1 heterocycles. The first-order valence-corrected chi connectivity index (χ1v) is 11.0. The van der Waals surface area contributed by atoms with E-state index < -0.39 is 5.41 Å². The molecular weight excluding hydrogens is 402 g/mol. The molecule has 1 saturated carbocycles. The van der Waals surface area contributed by atoms with Crippen molar-refractivity contribution in [2.75, 3.05) is 7.11 Å². The van der Waals surface area contributed by atoms with Gasteiger partial charge in [0, 0.05) is 23.5 Å². The maximum Gasteiger partial charge on any atom is 0.182 e. The average Bonchev–Trinajstić information content (AvgIpc) is 3.42. The summed E-state index contributed by atoms with van der Waals surface area (Å²) in [4.78, 5) is 31.7. The summed E-state index contributed by atoms with van der Waals surface area (Å²) in [6, 6.07) is 17.0. The predicted molar refractivity (Wildman–Crippen MR) is 119 cm³/mol. The zero-order valence-corrected chi connectivity index (χ0v) is 18.0. The number of ketones is 2. The van der Waals surface area contributed by atoms with Crippen LogP contribution in [0.25, 0.3) is 0 Å². The molecule has 0 aliphatic heterocycles. The second kappa shape index (κ2) is 8.23. The summed E-state index contributed by atoms with van der Waals surface area (Å²) in [7, 11) is 1.60. The van der Waals surface area contributed by atoms with E-state index in [1.165, 1.54) is 0 Å². The molecule has 2 aromatic carbocycles. The van der Waals surface area contributed by atoms with Crippen molar-refractivity contribution in [3.63, 3.8) is 0 Å². The highest BCUT2D eigenvalue weighted by Crippen LogP contribution is 2.45. The molecule has 1 radical (unpaired) electrons. The van der Waals surface area contributed by atoms with Crippen LogP contribution < -0.4 is 9.47 Å². The second-order valence-electron chi connectivity index (χ2n) is 8.46. The number of hydrogen-bond acceptors (Lipinski definition) is 5. The molecule has 5 heteroatoms. The molecule has 5 rings (SSSR count). The van der Waals surface area contributed by atoms with Gasteiger partial charge < -0.3 is 9.47 Å². The average molecular weight is 426 g/mol. The highest BCUT2D eigenvalue weighted by molar-refractivity contribution is 6.33. The van der Waals surface area contributed by atoms with Gasteiger partial charge in [0.25, 0.3) is 0 Å². The summed E-state index contributed by atoms with van der Waals surface area (Å²) in [5.74, 6) is 0.779. The molecule has 1 unspecified atom stereocenters. The van der Waals surface area contributed by atoms with Gasteiger partial charge in [-0.15, -0.1) is 0 Å². The summed E-state index contributed by atoms with van der Waals surface area (Å²) in [5.41, 5.74) is 0.984. The minimum atomic E-state index is -1.36. The van der Waals surface area contributed by atoms with Gasteiger partial charge in [0.1, 0.15) is 5.41 Å². The summed E-state index contributed by atoms with van der Waals surface area (Å²) < 4.78 is 11.8. The van der Waals surface area contributed by atoms with Crippen molar-refractivity contribution in [2.24, 2.45) is 0 Å². The number of ether oxygens (including phenoxy) is 2. The highest BCUT2D eigenvalue weighted by atomic mass is 16.5. The van der Waals surface area contributed by atoms with E-state index in [1.54, 1.807) is 43.8 Å². The van der Waals surface area contributed by atoms with Gasteiger partial charge >= 0.3 is 0 Å². The Bertz CT molecular complexity index is 1130. The van der Waals surface area contributed by atoms with Gasteiger partial charge in [0.05, 0.1) is 13.2 Å². The lowest BCUT2D eigenvalue weighted by Crippen LogP contribution is -2.40. The van der Waals surface area contributed by atoms with Gasteiger partial charge in [-0.1, -0.05) is 18.2 Å². The summed E-state index contributed by atoms with van der Waals surface area (Å²) in [5, 5.41) is 0. The van der Waals surface area contributed by atoms with Crippen LogP contribution in [0.4, 0.5) is 0 Å². The molecule has 161 valence electrons. The van der Waals surface area contributed by atoms with Gasteiger partial charge in [0.2, 0.25) is 0 Å². The molecule has 1 aromatic heterocycles. The Balaban J connectivity index is 1.65. The molecule has 0 spiro atoms. The molecule has 2 aliphatic rings. The monoisotopic (exact) mass is 426 g/mol. The Labute approximate surface area is 187 Å². The van der Waals surface area contributed by atoms with Gasteiger partial charge in [-0.2, -0.15) is 0 Å². The number of hydrogen-bond donors (Lipinski definition) is 0.